The smallest absolute Gasteiger partial charge is 0.277 e. The van der Waals surface area contributed by atoms with Gasteiger partial charge in [0.25, 0.3) is 5.22 Å². The number of nitrogens with zero attached hydrogens (tertiary/aromatic N) is 3. The molecule has 0 radical (unpaired) electrons. The lowest BCUT2D eigenvalue weighted by atomic mass is 9.89. The van der Waals surface area contributed by atoms with Crippen LogP contribution in [0.2, 0.25) is 0 Å². The summed E-state index contributed by atoms with van der Waals surface area (Å²) in [6.07, 6.45) is 12.2. The van der Waals surface area contributed by atoms with Gasteiger partial charge in [-0.3, -0.25) is 4.79 Å². The van der Waals surface area contributed by atoms with Crippen molar-refractivity contribution in [3.63, 3.8) is 0 Å². The van der Waals surface area contributed by atoms with Gasteiger partial charge in [0.1, 0.15) is 0 Å². The molecule has 1 aromatic heterocycles. The number of aromatic nitrogens is 2. The Hall–Kier alpha value is -1.04. The Morgan fingerprint density at radius 1 is 1.08 bits per heavy atom. The van der Waals surface area contributed by atoms with Crippen LogP contribution in [0.4, 0.5) is 0 Å². The van der Waals surface area contributed by atoms with Gasteiger partial charge in [-0.05, 0) is 32.6 Å². The first-order valence-corrected chi connectivity index (χ1v) is 10.5. The normalized spacial score (nSPS) is 20.2. The van der Waals surface area contributed by atoms with E-state index in [1.165, 1.54) is 50.3 Å². The van der Waals surface area contributed by atoms with E-state index in [2.05, 4.69) is 17.1 Å². The lowest BCUT2D eigenvalue weighted by Crippen LogP contribution is -2.42. The summed E-state index contributed by atoms with van der Waals surface area (Å²) in [5, 5.41) is 8.89. The van der Waals surface area contributed by atoms with Crippen LogP contribution < -0.4 is 0 Å². The number of carbonyl (C=O) groups excluding carboxylic acids is 1. The van der Waals surface area contributed by atoms with Gasteiger partial charge >= 0.3 is 0 Å². The van der Waals surface area contributed by atoms with E-state index in [9.17, 15) is 4.79 Å². The third-order valence-corrected chi connectivity index (χ3v) is 6.18. The highest BCUT2D eigenvalue weighted by atomic mass is 32.2. The van der Waals surface area contributed by atoms with E-state index in [0.29, 0.717) is 22.9 Å². The first-order valence-electron chi connectivity index (χ1n) is 9.53. The van der Waals surface area contributed by atoms with Crippen molar-refractivity contribution in [1.82, 2.24) is 15.1 Å². The predicted octanol–water partition coefficient (Wildman–Crippen LogP) is 4.39. The number of amides is 1. The molecule has 1 amide bonds. The number of carbonyl (C=O) groups is 1. The summed E-state index contributed by atoms with van der Waals surface area (Å²) < 4.78 is 5.80. The Morgan fingerprint density at radius 2 is 1.75 bits per heavy atom. The molecule has 0 N–H and O–H groups in total. The van der Waals surface area contributed by atoms with Gasteiger partial charge in [0.2, 0.25) is 11.8 Å². The molecule has 0 aromatic carbocycles. The quantitative estimate of drug-likeness (QED) is 0.711. The van der Waals surface area contributed by atoms with Crippen LogP contribution in [0.3, 0.4) is 0 Å². The third kappa shape index (κ3) is 4.52. The SMILES string of the molecule is CCN(C(=O)CSc1nnc(C2CCCCC2)o1)C1CCCCC1. The molecule has 0 bridgehead atoms. The maximum Gasteiger partial charge on any atom is 0.277 e. The van der Waals surface area contributed by atoms with Gasteiger partial charge < -0.3 is 9.32 Å². The van der Waals surface area contributed by atoms with E-state index in [0.717, 1.165) is 38.1 Å². The number of rotatable bonds is 6. The molecule has 0 atom stereocenters. The van der Waals surface area contributed by atoms with E-state index in [1.807, 2.05) is 4.90 Å². The van der Waals surface area contributed by atoms with E-state index < -0.39 is 0 Å². The van der Waals surface area contributed by atoms with Gasteiger partial charge in [0.15, 0.2) is 0 Å². The first-order chi connectivity index (χ1) is 11.8. The molecule has 2 fully saturated rings. The molecular formula is C18H29N3O2S. The molecule has 0 saturated heterocycles. The van der Waals surface area contributed by atoms with Gasteiger partial charge in [-0.15, -0.1) is 10.2 Å². The maximum atomic E-state index is 12.6. The zero-order valence-electron chi connectivity index (χ0n) is 14.7. The van der Waals surface area contributed by atoms with Gasteiger partial charge in [-0.25, -0.2) is 0 Å². The van der Waals surface area contributed by atoms with E-state index in [4.69, 9.17) is 4.42 Å². The molecule has 0 unspecified atom stereocenters. The summed E-state index contributed by atoms with van der Waals surface area (Å²) in [6.45, 7) is 2.87. The van der Waals surface area contributed by atoms with Crippen molar-refractivity contribution in [2.75, 3.05) is 12.3 Å². The van der Waals surface area contributed by atoms with Crippen LogP contribution in [-0.4, -0.2) is 39.3 Å². The first kappa shape index (κ1) is 17.8. The lowest BCUT2D eigenvalue weighted by molar-refractivity contribution is -0.131. The molecule has 134 valence electrons. The van der Waals surface area contributed by atoms with Crippen LogP contribution in [0.25, 0.3) is 0 Å². The Kier molecular flexibility index (Phi) is 6.58. The van der Waals surface area contributed by atoms with Crippen LogP contribution >= 0.6 is 11.8 Å². The van der Waals surface area contributed by atoms with Crippen molar-refractivity contribution in [1.29, 1.82) is 0 Å². The average Bonchev–Trinajstić information content (AvgIpc) is 3.11. The molecule has 1 aromatic rings. The van der Waals surface area contributed by atoms with Crippen molar-refractivity contribution in [3.05, 3.63) is 5.89 Å². The van der Waals surface area contributed by atoms with Crippen LogP contribution in [0.15, 0.2) is 9.64 Å². The van der Waals surface area contributed by atoms with Crippen molar-refractivity contribution < 1.29 is 9.21 Å². The molecule has 3 rings (SSSR count). The molecule has 0 spiro atoms. The number of hydrogen-bond acceptors (Lipinski definition) is 5. The Morgan fingerprint density at radius 3 is 2.42 bits per heavy atom. The molecule has 2 aliphatic carbocycles. The molecule has 24 heavy (non-hydrogen) atoms. The average molecular weight is 352 g/mol. The maximum absolute atomic E-state index is 12.6. The number of hydrogen-bond donors (Lipinski definition) is 0. The van der Waals surface area contributed by atoms with Crippen LogP contribution in [-0.2, 0) is 4.79 Å². The molecule has 0 aliphatic heterocycles. The standard InChI is InChI=1S/C18H29N3O2S/c1-2-21(15-11-7-4-8-12-15)16(22)13-24-18-20-19-17(23-18)14-9-5-3-6-10-14/h14-15H,2-13H2,1H3. The second kappa shape index (κ2) is 8.88. The summed E-state index contributed by atoms with van der Waals surface area (Å²) in [5.41, 5.74) is 0. The Balaban J connectivity index is 1.50. The molecule has 6 heteroatoms. The van der Waals surface area contributed by atoms with Crippen LogP contribution in [0, 0.1) is 0 Å². The largest absolute Gasteiger partial charge is 0.416 e. The fraction of sp³-hybridized carbons (Fsp3) is 0.833. The summed E-state index contributed by atoms with van der Waals surface area (Å²) >= 11 is 1.39. The van der Waals surface area contributed by atoms with Gasteiger partial charge in [0, 0.05) is 18.5 Å². The molecular weight excluding hydrogens is 322 g/mol. The third-order valence-electron chi connectivity index (χ3n) is 5.37. The molecule has 1 heterocycles. The monoisotopic (exact) mass is 351 g/mol. The summed E-state index contributed by atoms with van der Waals surface area (Å²) in [6, 6.07) is 0.428. The minimum Gasteiger partial charge on any atom is -0.416 e. The van der Waals surface area contributed by atoms with Gasteiger partial charge in [-0.1, -0.05) is 50.3 Å². The van der Waals surface area contributed by atoms with Crippen molar-refractivity contribution >= 4 is 17.7 Å². The molecule has 5 nitrogen and oxygen atoms in total. The topological polar surface area (TPSA) is 59.2 Å². The zero-order chi connectivity index (χ0) is 16.8. The molecule has 2 saturated carbocycles. The second-order valence-corrected chi connectivity index (χ2v) is 7.93. The van der Waals surface area contributed by atoms with Crippen LogP contribution in [0.5, 0.6) is 0 Å². The number of thioether (sulfide) groups is 1. The Labute approximate surface area is 149 Å². The summed E-state index contributed by atoms with van der Waals surface area (Å²) in [5.74, 6) is 1.79. The van der Waals surface area contributed by atoms with Crippen molar-refractivity contribution in [3.8, 4) is 0 Å². The zero-order valence-corrected chi connectivity index (χ0v) is 15.5. The van der Waals surface area contributed by atoms with E-state index >= 15 is 0 Å². The van der Waals surface area contributed by atoms with E-state index in [1.54, 1.807) is 0 Å². The van der Waals surface area contributed by atoms with Crippen LogP contribution in [0.1, 0.15) is 82.9 Å². The lowest BCUT2D eigenvalue weighted by Gasteiger charge is -2.33. The fourth-order valence-electron chi connectivity index (χ4n) is 4.03. The Bertz CT molecular complexity index is 522. The fourth-order valence-corrected chi connectivity index (χ4v) is 4.69. The minimum absolute atomic E-state index is 0.201. The predicted molar refractivity (Wildman–Crippen MR) is 95.1 cm³/mol. The van der Waals surface area contributed by atoms with Gasteiger partial charge in [0.05, 0.1) is 5.75 Å². The summed E-state index contributed by atoms with van der Waals surface area (Å²) in [7, 11) is 0. The minimum atomic E-state index is 0.201. The highest BCUT2D eigenvalue weighted by Crippen LogP contribution is 2.33. The van der Waals surface area contributed by atoms with Crippen molar-refractivity contribution in [2.24, 2.45) is 0 Å². The van der Waals surface area contributed by atoms with Crippen molar-refractivity contribution in [2.45, 2.75) is 88.3 Å². The second-order valence-electron chi connectivity index (χ2n) is 7.00. The molecule has 2 aliphatic rings. The highest BCUT2D eigenvalue weighted by Gasteiger charge is 2.25. The van der Waals surface area contributed by atoms with Gasteiger partial charge in [-0.2, -0.15) is 0 Å². The van der Waals surface area contributed by atoms with E-state index in [-0.39, 0.29) is 5.91 Å². The highest BCUT2D eigenvalue weighted by molar-refractivity contribution is 7.99. The summed E-state index contributed by atoms with van der Waals surface area (Å²) in [4.78, 5) is 14.6.